The molecule has 0 heterocycles. The van der Waals surface area contributed by atoms with Crippen LogP contribution in [0.5, 0.6) is 17.2 Å². The van der Waals surface area contributed by atoms with Crippen molar-refractivity contribution >= 4 is 17.9 Å². The second kappa shape index (κ2) is 8.33. The summed E-state index contributed by atoms with van der Waals surface area (Å²) >= 11 is 0. The van der Waals surface area contributed by atoms with Gasteiger partial charge in [-0.1, -0.05) is 0 Å². The Hall–Kier alpha value is -2.57. The number of benzene rings is 1. The van der Waals surface area contributed by atoms with E-state index in [2.05, 4.69) is 0 Å². The van der Waals surface area contributed by atoms with Crippen LogP contribution in [0, 0.1) is 13.8 Å². The summed E-state index contributed by atoms with van der Waals surface area (Å²) in [5, 5.41) is 0. The standard InChI is InChI=1S/C17H22O7/c1-9-7-15(23-13(5)19)17(24-14(6)20)11(3)16(9)21-8-10(2)22-12(4)18/h7,10H,8H2,1-6H3. The van der Waals surface area contributed by atoms with E-state index in [0.717, 1.165) is 0 Å². The summed E-state index contributed by atoms with van der Waals surface area (Å²) in [7, 11) is 0. The zero-order chi connectivity index (χ0) is 18.4. The molecule has 0 amide bonds. The minimum absolute atomic E-state index is 0.124. The monoisotopic (exact) mass is 338 g/mol. The highest BCUT2D eigenvalue weighted by atomic mass is 16.6. The van der Waals surface area contributed by atoms with Crippen molar-refractivity contribution in [2.75, 3.05) is 6.61 Å². The molecule has 7 nitrogen and oxygen atoms in total. The Balaban J connectivity index is 3.14. The third-order valence-corrected chi connectivity index (χ3v) is 2.94. The van der Waals surface area contributed by atoms with Gasteiger partial charge >= 0.3 is 17.9 Å². The third-order valence-electron chi connectivity index (χ3n) is 2.94. The molecule has 0 fully saturated rings. The van der Waals surface area contributed by atoms with E-state index >= 15 is 0 Å². The van der Waals surface area contributed by atoms with Crippen molar-refractivity contribution in [3.05, 3.63) is 17.2 Å². The number of aryl methyl sites for hydroxylation is 1. The molecule has 0 bridgehead atoms. The van der Waals surface area contributed by atoms with Crippen LogP contribution in [0.2, 0.25) is 0 Å². The smallest absolute Gasteiger partial charge is 0.308 e. The lowest BCUT2D eigenvalue weighted by molar-refractivity contribution is -0.146. The highest BCUT2D eigenvalue weighted by Gasteiger charge is 2.20. The summed E-state index contributed by atoms with van der Waals surface area (Å²) in [4.78, 5) is 33.5. The van der Waals surface area contributed by atoms with Gasteiger partial charge in [0, 0.05) is 26.3 Å². The molecule has 0 aliphatic carbocycles. The van der Waals surface area contributed by atoms with Gasteiger partial charge in [0.15, 0.2) is 11.5 Å². The van der Waals surface area contributed by atoms with Crippen molar-refractivity contribution in [1.82, 2.24) is 0 Å². The van der Waals surface area contributed by atoms with Crippen LogP contribution in [0.3, 0.4) is 0 Å². The number of carbonyl (C=O) groups excluding carboxylic acids is 3. The minimum atomic E-state index is -0.547. The van der Waals surface area contributed by atoms with Gasteiger partial charge in [0.05, 0.1) is 0 Å². The zero-order valence-electron chi connectivity index (χ0n) is 14.7. The SMILES string of the molecule is CC(=O)Oc1cc(C)c(OCC(C)OC(C)=O)c(C)c1OC(C)=O. The van der Waals surface area contributed by atoms with E-state index in [1.54, 1.807) is 26.8 Å². The number of ether oxygens (including phenoxy) is 4. The Morgan fingerprint density at radius 1 is 0.958 bits per heavy atom. The molecule has 0 radical (unpaired) electrons. The van der Waals surface area contributed by atoms with Crippen molar-refractivity contribution in [3.8, 4) is 17.2 Å². The molecular weight excluding hydrogens is 316 g/mol. The lowest BCUT2D eigenvalue weighted by atomic mass is 10.1. The predicted molar refractivity (Wildman–Crippen MR) is 85.3 cm³/mol. The fourth-order valence-electron chi connectivity index (χ4n) is 2.15. The second-order valence-corrected chi connectivity index (χ2v) is 5.39. The van der Waals surface area contributed by atoms with E-state index < -0.39 is 24.0 Å². The molecule has 0 N–H and O–H groups in total. The summed E-state index contributed by atoms with van der Waals surface area (Å²) < 4.78 is 21.0. The summed E-state index contributed by atoms with van der Waals surface area (Å²) in [6, 6.07) is 1.55. The first-order chi connectivity index (χ1) is 11.1. The highest BCUT2D eigenvalue weighted by Crippen LogP contribution is 2.40. The van der Waals surface area contributed by atoms with Crippen molar-refractivity contribution < 1.29 is 33.3 Å². The fraction of sp³-hybridized carbons (Fsp3) is 0.471. The van der Waals surface area contributed by atoms with Gasteiger partial charge in [-0.2, -0.15) is 0 Å². The molecule has 0 aromatic heterocycles. The van der Waals surface area contributed by atoms with Gasteiger partial charge in [0.2, 0.25) is 0 Å². The van der Waals surface area contributed by atoms with Crippen molar-refractivity contribution in [2.45, 2.75) is 47.6 Å². The number of hydrogen-bond donors (Lipinski definition) is 0. The summed E-state index contributed by atoms with van der Waals surface area (Å²) in [5.41, 5.74) is 1.20. The van der Waals surface area contributed by atoms with Gasteiger partial charge in [-0.3, -0.25) is 14.4 Å². The van der Waals surface area contributed by atoms with Crippen LogP contribution >= 0.6 is 0 Å². The first-order valence-electron chi connectivity index (χ1n) is 7.42. The molecule has 132 valence electrons. The maximum absolute atomic E-state index is 11.3. The van der Waals surface area contributed by atoms with Crippen LogP contribution in [-0.4, -0.2) is 30.6 Å². The van der Waals surface area contributed by atoms with Gasteiger partial charge < -0.3 is 18.9 Å². The lowest BCUT2D eigenvalue weighted by Crippen LogP contribution is -2.21. The Labute approximate surface area is 140 Å². The molecule has 24 heavy (non-hydrogen) atoms. The molecule has 1 aromatic rings. The van der Waals surface area contributed by atoms with E-state index in [4.69, 9.17) is 18.9 Å². The molecule has 7 heteroatoms. The molecule has 0 aliphatic rings. The van der Waals surface area contributed by atoms with E-state index in [-0.39, 0.29) is 18.1 Å². The zero-order valence-corrected chi connectivity index (χ0v) is 14.7. The Morgan fingerprint density at radius 2 is 1.54 bits per heavy atom. The quantitative estimate of drug-likeness (QED) is 0.581. The maximum Gasteiger partial charge on any atom is 0.308 e. The van der Waals surface area contributed by atoms with Gasteiger partial charge in [-0.25, -0.2) is 0 Å². The number of esters is 3. The lowest BCUT2D eigenvalue weighted by Gasteiger charge is -2.19. The third kappa shape index (κ3) is 5.57. The largest absolute Gasteiger partial charge is 0.489 e. The maximum atomic E-state index is 11.3. The number of hydrogen-bond acceptors (Lipinski definition) is 7. The molecule has 1 atom stereocenters. The van der Waals surface area contributed by atoms with Crippen LogP contribution in [0.4, 0.5) is 0 Å². The fourth-order valence-corrected chi connectivity index (χ4v) is 2.15. The average Bonchev–Trinajstić information content (AvgIpc) is 2.41. The second-order valence-electron chi connectivity index (χ2n) is 5.39. The topological polar surface area (TPSA) is 88.1 Å². The molecule has 1 unspecified atom stereocenters. The van der Waals surface area contributed by atoms with E-state index in [9.17, 15) is 14.4 Å². The molecule has 0 aliphatic heterocycles. The van der Waals surface area contributed by atoms with Crippen molar-refractivity contribution in [3.63, 3.8) is 0 Å². The summed E-state index contributed by atoms with van der Waals surface area (Å²) in [6.07, 6.45) is -0.438. The summed E-state index contributed by atoms with van der Waals surface area (Å²) in [6.45, 7) is 9.11. The Kier molecular flexibility index (Phi) is 6.76. The van der Waals surface area contributed by atoms with Gasteiger partial charge in [-0.15, -0.1) is 0 Å². The van der Waals surface area contributed by atoms with Crippen LogP contribution in [0.25, 0.3) is 0 Å². The van der Waals surface area contributed by atoms with Crippen LogP contribution < -0.4 is 14.2 Å². The van der Waals surface area contributed by atoms with Crippen LogP contribution in [0.15, 0.2) is 6.07 Å². The molecular formula is C17H22O7. The molecule has 0 spiro atoms. The normalized spacial score (nSPS) is 11.4. The predicted octanol–water partition coefficient (Wildman–Crippen LogP) is 2.48. The minimum Gasteiger partial charge on any atom is -0.489 e. The van der Waals surface area contributed by atoms with Gasteiger partial charge in [0.1, 0.15) is 18.5 Å². The Bertz CT molecular complexity index is 649. The van der Waals surface area contributed by atoms with Gasteiger partial charge in [-0.05, 0) is 32.4 Å². The molecule has 1 aromatic carbocycles. The average molecular weight is 338 g/mol. The van der Waals surface area contributed by atoms with E-state index in [1.807, 2.05) is 0 Å². The van der Waals surface area contributed by atoms with Crippen LogP contribution in [-0.2, 0) is 19.1 Å². The number of carbonyl (C=O) groups is 3. The van der Waals surface area contributed by atoms with E-state index in [1.165, 1.54) is 20.8 Å². The number of rotatable bonds is 6. The Morgan fingerprint density at radius 3 is 2.04 bits per heavy atom. The van der Waals surface area contributed by atoms with Crippen molar-refractivity contribution in [1.29, 1.82) is 0 Å². The van der Waals surface area contributed by atoms with Gasteiger partial charge in [0.25, 0.3) is 0 Å². The molecule has 1 rings (SSSR count). The summed E-state index contributed by atoms with van der Waals surface area (Å²) in [5.74, 6) is -0.730. The molecule has 0 saturated heterocycles. The highest BCUT2D eigenvalue weighted by molar-refractivity contribution is 5.75. The molecule has 0 saturated carbocycles. The first-order valence-corrected chi connectivity index (χ1v) is 7.42. The first kappa shape index (κ1) is 19.5. The van der Waals surface area contributed by atoms with Crippen molar-refractivity contribution in [2.24, 2.45) is 0 Å². The van der Waals surface area contributed by atoms with Crippen LogP contribution in [0.1, 0.15) is 38.8 Å². The van der Waals surface area contributed by atoms with E-state index in [0.29, 0.717) is 16.9 Å².